The van der Waals surface area contributed by atoms with Crippen LogP contribution in [0.3, 0.4) is 0 Å². The Kier molecular flexibility index (Phi) is 4.26. The van der Waals surface area contributed by atoms with Gasteiger partial charge in [0.1, 0.15) is 0 Å². The zero-order valence-corrected chi connectivity index (χ0v) is 12.9. The fraction of sp³-hybridized carbons (Fsp3) is 0.368. The lowest BCUT2D eigenvalue weighted by atomic mass is 9.99. The standard InChI is InChI=1S/C19H24N2/c1-14-6-3-8-17(12-14)15(2)21-13-18-9-4-7-16-10-5-11-20-19(16)18/h3-4,6-9,12,15,20-21H,5,10-11,13H2,1-2H3/t15-/m0/s1. The van der Waals surface area contributed by atoms with Crippen LogP contribution < -0.4 is 10.6 Å². The lowest BCUT2D eigenvalue weighted by molar-refractivity contribution is 0.574. The van der Waals surface area contributed by atoms with E-state index in [0.717, 1.165) is 13.1 Å². The number of nitrogens with one attached hydrogen (secondary N) is 2. The van der Waals surface area contributed by atoms with Crippen LogP contribution in [0.25, 0.3) is 0 Å². The van der Waals surface area contributed by atoms with Crippen molar-refractivity contribution in [3.05, 3.63) is 64.7 Å². The van der Waals surface area contributed by atoms with Gasteiger partial charge in [-0.15, -0.1) is 0 Å². The quantitative estimate of drug-likeness (QED) is 0.877. The van der Waals surface area contributed by atoms with E-state index in [2.05, 4.69) is 66.9 Å². The highest BCUT2D eigenvalue weighted by Gasteiger charge is 2.13. The Morgan fingerprint density at radius 2 is 2.05 bits per heavy atom. The zero-order valence-electron chi connectivity index (χ0n) is 12.9. The molecule has 0 fully saturated rings. The Morgan fingerprint density at radius 3 is 2.90 bits per heavy atom. The van der Waals surface area contributed by atoms with Crippen molar-refractivity contribution in [3.63, 3.8) is 0 Å². The number of benzene rings is 2. The summed E-state index contributed by atoms with van der Waals surface area (Å²) in [5.41, 5.74) is 6.87. The molecule has 2 N–H and O–H groups in total. The number of hydrogen-bond donors (Lipinski definition) is 2. The van der Waals surface area contributed by atoms with Crippen LogP contribution in [0, 0.1) is 6.92 Å². The van der Waals surface area contributed by atoms with Crippen molar-refractivity contribution < 1.29 is 0 Å². The van der Waals surface area contributed by atoms with Crippen molar-refractivity contribution in [2.75, 3.05) is 11.9 Å². The molecule has 2 heteroatoms. The number of fused-ring (bicyclic) bond motifs is 1. The predicted molar refractivity (Wildman–Crippen MR) is 89.7 cm³/mol. The molecular weight excluding hydrogens is 256 g/mol. The Morgan fingerprint density at radius 1 is 1.19 bits per heavy atom. The predicted octanol–water partition coefficient (Wildman–Crippen LogP) is 4.20. The Hall–Kier alpha value is -1.80. The molecular formula is C19H24N2. The lowest BCUT2D eigenvalue weighted by Gasteiger charge is -2.22. The molecule has 0 aliphatic carbocycles. The Bertz CT molecular complexity index is 619. The van der Waals surface area contributed by atoms with E-state index >= 15 is 0 Å². The fourth-order valence-corrected chi connectivity index (χ4v) is 3.05. The van der Waals surface area contributed by atoms with E-state index in [0.29, 0.717) is 6.04 Å². The molecule has 0 aromatic heterocycles. The molecule has 1 heterocycles. The van der Waals surface area contributed by atoms with Gasteiger partial charge in [-0.25, -0.2) is 0 Å². The normalized spacial score (nSPS) is 15.1. The number of para-hydroxylation sites is 1. The summed E-state index contributed by atoms with van der Waals surface area (Å²) in [6.45, 7) is 6.38. The molecule has 1 aliphatic rings. The Balaban J connectivity index is 1.70. The third-order valence-corrected chi connectivity index (χ3v) is 4.30. The van der Waals surface area contributed by atoms with E-state index in [1.165, 1.54) is 40.8 Å². The molecule has 2 aromatic carbocycles. The smallest absolute Gasteiger partial charge is 0.0418 e. The average molecular weight is 280 g/mol. The highest BCUT2D eigenvalue weighted by molar-refractivity contribution is 5.59. The highest BCUT2D eigenvalue weighted by atomic mass is 14.9. The van der Waals surface area contributed by atoms with Gasteiger partial charge in [0.25, 0.3) is 0 Å². The van der Waals surface area contributed by atoms with Crippen LogP contribution in [0.15, 0.2) is 42.5 Å². The maximum Gasteiger partial charge on any atom is 0.0418 e. The minimum absolute atomic E-state index is 0.365. The van der Waals surface area contributed by atoms with E-state index in [1.54, 1.807) is 0 Å². The monoisotopic (exact) mass is 280 g/mol. The van der Waals surface area contributed by atoms with Crippen molar-refractivity contribution in [2.45, 2.75) is 39.3 Å². The molecule has 0 saturated carbocycles. The van der Waals surface area contributed by atoms with E-state index in [-0.39, 0.29) is 0 Å². The molecule has 0 amide bonds. The van der Waals surface area contributed by atoms with Gasteiger partial charge in [-0.2, -0.15) is 0 Å². The molecule has 2 aromatic rings. The molecule has 1 aliphatic heterocycles. The van der Waals surface area contributed by atoms with Gasteiger partial charge in [0.15, 0.2) is 0 Å². The summed E-state index contributed by atoms with van der Waals surface area (Å²) in [6.07, 6.45) is 2.44. The summed E-state index contributed by atoms with van der Waals surface area (Å²) in [6, 6.07) is 15.8. The first-order valence-electron chi connectivity index (χ1n) is 7.88. The SMILES string of the molecule is Cc1cccc([C@H](C)NCc2cccc3c2NCCC3)c1. The molecule has 0 bridgehead atoms. The van der Waals surface area contributed by atoms with Crippen LogP contribution in [0.5, 0.6) is 0 Å². The topological polar surface area (TPSA) is 24.1 Å². The first-order valence-corrected chi connectivity index (χ1v) is 7.88. The summed E-state index contributed by atoms with van der Waals surface area (Å²) < 4.78 is 0. The summed E-state index contributed by atoms with van der Waals surface area (Å²) in [4.78, 5) is 0. The molecule has 110 valence electrons. The van der Waals surface area contributed by atoms with E-state index in [4.69, 9.17) is 0 Å². The zero-order chi connectivity index (χ0) is 14.7. The first kappa shape index (κ1) is 14.2. The van der Waals surface area contributed by atoms with Crippen LogP contribution in [0.2, 0.25) is 0 Å². The summed E-state index contributed by atoms with van der Waals surface area (Å²) in [5.74, 6) is 0. The molecule has 2 nitrogen and oxygen atoms in total. The van der Waals surface area contributed by atoms with Crippen molar-refractivity contribution in [2.24, 2.45) is 0 Å². The maximum atomic E-state index is 3.65. The van der Waals surface area contributed by atoms with E-state index in [1.807, 2.05) is 0 Å². The number of aryl methyl sites for hydroxylation is 2. The average Bonchev–Trinajstić information content (AvgIpc) is 2.52. The molecule has 1 atom stereocenters. The van der Waals surface area contributed by atoms with Crippen molar-refractivity contribution in [3.8, 4) is 0 Å². The second-order valence-electron chi connectivity index (χ2n) is 6.00. The van der Waals surface area contributed by atoms with Gasteiger partial charge < -0.3 is 10.6 Å². The van der Waals surface area contributed by atoms with Crippen molar-refractivity contribution in [1.29, 1.82) is 0 Å². The van der Waals surface area contributed by atoms with Crippen LogP contribution in [0.4, 0.5) is 5.69 Å². The van der Waals surface area contributed by atoms with Gasteiger partial charge in [0.05, 0.1) is 0 Å². The highest BCUT2D eigenvalue weighted by Crippen LogP contribution is 2.26. The molecule has 0 spiro atoms. The van der Waals surface area contributed by atoms with Gasteiger partial charge >= 0.3 is 0 Å². The second-order valence-corrected chi connectivity index (χ2v) is 6.00. The number of rotatable bonds is 4. The van der Waals surface area contributed by atoms with Gasteiger partial charge in [0, 0.05) is 24.8 Å². The van der Waals surface area contributed by atoms with Gasteiger partial charge in [-0.3, -0.25) is 0 Å². The molecule has 0 radical (unpaired) electrons. The molecule has 21 heavy (non-hydrogen) atoms. The van der Waals surface area contributed by atoms with Gasteiger partial charge in [-0.1, -0.05) is 48.0 Å². The first-order chi connectivity index (χ1) is 10.2. The minimum atomic E-state index is 0.365. The van der Waals surface area contributed by atoms with Gasteiger partial charge in [-0.05, 0) is 43.4 Å². The Labute approximate surface area is 127 Å². The van der Waals surface area contributed by atoms with Crippen molar-refractivity contribution >= 4 is 5.69 Å². The largest absolute Gasteiger partial charge is 0.385 e. The number of hydrogen-bond acceptors (Lipinski definition) is 2. The summed E-state index contributed by atoms with van der Waals surface area (Å²) in [5, 5.41) is 7.22. The minimum Gasteiger partial charge on any atom is -0.385 e. The lowest BCUT2D eigenvalue weighted by Crippen LogP contribution is -2.21. The summed E-state index contributed by atoms with van der Waals surface area (Å²) >= 11 is 0. The molecule has 3 rings (SSSR count). The third-order valence-electron chi connectivity index (χ3n) is 4.30. The van der Waals surface area contributed by atoms with Crippen molar-refractivity contribution in [1.82, 2.24) is 5.32 Å². The van der Waals surface area contributed by atoms with E-state index in [9.17, 15) is 0 Å². The van der Waals surface area contributed by atoms with Crippen LogP contribution in [-0.4, -0.2) is 6.54 Å². The molecule has 0 unspecified atom stereocenters. The third kappa shape index (κ3) is 3.27. The second kappa shape index (κ2) is 6.31. The fourth-order valence-electron chi connectivity index (χ4n) is 3.05. The van der Waals surface area contributed by atoms with Crippen LogP contribution >= 0.6 is 0 Å². The maximum absolute atomic E-state index is 3.65. The number of anilines is 1. The van der Waals surface area contributed by atoms with Gasteiger partial charge in [0.2, 0.25) is 0 Å². The summed E-state index contributed by atoms with van der Waals surface area (Å²) in [7, 11) is 0. The van der Waals surface area contributed by atoms with E-state index < -0.39 is 0 Å². The molecule has 0 saturated heterocycles. The van der Waals surface area contributed by atoms with Crippen LogP contribution in [0.1, 0.15) is 41.6 Å². The van der Waals surface area contributed by atoms with Crippen LogP contribution in [-0.2, 0) is 13.0 Å².